The number of amides is 2. The minimum Gasteiger partial charge on any atom is -0.495 e. The van der Waals surface area contributed by atoms with Gasteiger partial charge in [0.05, 0.1) is 12.8 Å². The van der Waals surface area contributed by atoms with Gasteiger partial charge in [-0.15, -0.1) is 0 Å². The Morgan fingerprint density at radius 1 is 1.07 bits per heavy atom. The van der Waals surface area contributed by atoms with Crippen LogP contribution >= 0.6 is 0 Å². The topological polar surface area (TPSA) is 102 Å². The average molecular weight is 408 g/mol. The van der Waals surface area contributed by atoms with Gasteiger partial charge < -0.3 is 15.4 Å². The smallest absolute Gasteiger partial charge is 0.242 e. The van der Waals surface area contributed by atoms with Crippen molar-refractivity contribution in [1.29, 1.82) is 0 Å². The molecule has 1 unspecified atom stereocenters. The number of hydrogen-bond donors (Lipinski definition) is 2. The van der Waals surface area contributed by atoms with Crippen LogP contribution in [0.1, 0.15) is 13.3 Å². The van der Waals surface area contributed by atoms with Crippen molar-refractivity contribution in [1.82, 2.24) is 0 Å². The zero-order valence-corrected chi connectivity index (χ0v) is 16.3. The van der Waals surface area contributed by atoms with E-state index in [0.29, 0.717) is 11.4 Å². The van der Waals surface area contributed by atoms with E-state index in [1.807, 2.05) is 0 Å². The van der Waals surface area contributed by atoms with Gasteiger partial charge in [-0.05, 0) is 42.8 Å². The lowest BCUT2D eigenvalue weighted by molar-refractivity contribution is -0.115. The minimum atomic E-state index is -4.08. The highest BCUT2D eigenvalue weighted by Gasteiger charge is 2.33. The average Bonchev–Trinajstić information content (AvgIpc) is 2.63. The first-order valence-corrected chi connectivity index (χ1v) is 10.2. The van der Waals surface area contributed by atoms with Crippen LogP contribution in [0.2, 0.25) is 0 Å². The second-order valence-electron chi connectivity index (χ2n) is 5.95. The van der Waals surface area contributed by atoms with Crippen LogP contribution in [0.3, 0.4) is 0 Å². The molecule has 0 aliphatic heterocycles. The quantitative estimate of drug-likeness (QED) is 0.699. The van der Waals surface area contributed by atoms with E-state index in [0.717, 1.165) is 12.1 Å². The van der Waals surface area contributed by atoms with Gasteiger partial charge in [0.2, 0.25) is 11.8 Å². The molecule has 9 heteroatoms. The summed E-state index contributed by atoms with van der Waals surface area (Å²) < 4.78 is 43.2. The van der Waals surface area contributed by atoms with E-state index in [-0.39, 0.29) is 12.1 Å². The van der Waals surface area contributed by atoms with Gasteiger partial charge in [0, 0.05) is 5.69 Å². The number of rotatable bonds is 8. The van der Waals surface area contributed by atoms with Gasteiger partial charge in [-0.25, -0.2) is 12.8 Å². The van der Waals surface area contributed by atoms with Gasteiger partial charge in [-0.3, -0.25) is 9.59 Å². The van der Waals surface area contributed by atoms with Crippen molar-refractivity contribution < 1.29 is 27.1 Å². The minimum absolute atomic E-state index is 0.00680. The SMILES string of the molecule is CCC(C(=O)Nc1ccccc1OC)S(=O)(=O)CC(=O)Nc1ccc(F)cc1. The van der Waals surface area contributed by atoms with Crippen molar-refractivity contribution >= 4 is 33.0 Å². The lowest BCUT2D eigenvalue weighted by Gasteiger charge is -2.17. The third-order valence-corrected chi connectivity index (χ3v) is 6.00. The molecule has 0 spiro atoms. The van der Waals surface area contributed by atoms with Crippen LogP contribution in [0.4, 0.5) is 15.8 Å². The molecule has 7 nitrogen and oxygen atoms in total. The molecule has 2 N–H and O–H groups in total. The van der Waals surface area contributed by atoms with Crippen molar-refractivity contribution in [2.24, 2.45) is 0 Å². The van der Waals surface area contributed by atoms with Crippen molar-refractivity contribution in [3.8, 4) is 5.75 Å². The van der Waals surface area contributed by atoms with Crippen LogP contribution in [0, 0.1) is 5.82 Å². The third-order valence-electron chi connectivity index (χ3n) is 3.92. The number of ether oxygens (including phenoxy) is 1. The Bertz CT molecular complexity index is 945. The summed E-state index contributed by atoms with van der Waals surface area (Å²) in [7, 11) is -2.65. The van der Waals surface area contributed by atoms with Gasteiger partial charge in [-0.1, -0.05) is 19.1 Å². The molecule has 0 radical (unpaired) electrons. The van der Waals surface area contributed by atoms with Crippen molar-refractivity contribution in [3.63, 3.8) is 0 Å². The lowest BCUT2D eigenvalue weighted by atomic mass is 10.2. The number of carbonyl (C=O) groups is 2. The van der Waals surface area contributed by atoms with Gasteiger partial charge in [0.15, 0.2) is 9.84 Å². The number of carbonyl (C=O) groups excluding carboxylic acids is 2. The number of methoxy groups -OCH3 is 1. The monoisotopic (exact) mass is 408 g/mol. The van der Waals surface area contributed by atoms with Gasteiger partial charge in [0.25, 0.3) is 0 Å². The zero-order chi connectivity index (χ0) is 20.7. The van der Waals surface area contributed by atoms with E-state index >= 15 is 0 Å². The van der Waals surface area contributed by atoms with Crippen LogP contribution in [-0.4, -0.2) is 38.3 Å². The Hall–Kier alpha value is -2.94. The van der Waals surface area contributed by atoms with Crippen molar-refractivity contribution in [2.75, 3.05) is 23.5 Å². The van der Waals surface area contributed by atoms with E-state index in [2.05, 4.69) is 10.6 Å². The molecular weight excluding hydrogens is 387 g/mol. The third kappa shape index (κ3) is 5.53. The summed E-state index contributed by atoms with van der Waals surface area (Å²) in [6.07, 6.45) is -0.00680. The number of sulfone groups is 1. The Balaban J connectivity index is 2.09. The normalized spacial score (nSPS) is 12.1. The molecule has 1 atom stereocenters. The summed E-state index contributed by atoms with van der Waals surface area (Å²) in [6.45, 7) is 1.54. The summed E-state index contributed by atoms with van der Waals surface area (Å²) in [5.74, 6) is -2.53. The van der Waals surface area contributed by atoms with Crippen molar-refractivity contribution in [3.05, 3.63) is 54.3 Å². The highest BCUT2D eigenvalue weighted by Crippen LogP contribution is 2.24. The fourth-order valence-corrected chi connectivity index (χ4v) is 4.11. The Morgan fingerprint density at radius 3 is 2.32 bits per heavy atom. The van der Waals surface area contributed by atoms with Crippen LogP contribution < -0.4 is 15.4 Å². The number of para-hydroxylation sites is 2. The second kappa shape index (κ2) is 9.32. The highest BCUT2D eigenvalue weighted by atomic mass is 32.2. The summed E-state index contributed by atoms with van der Waals surface area (Å²) in [5, 5.41) is 3.50. The highest BCUT2D eigenvalue weighted by molar-refractivity contribution is 7.93. The van der Waals surface area contributed by atoms with Crippen LogP contribution in [0.5, 0.6) is 5.75 Å². The second-order valence-corrected chi connectivity index (χ2v) is 8.13. The Kier molecular flexibility index (Phi) is 7.11. The number of hydrogen-bond acceptors (Lipinski definition) is 5. The number of benzene rings is 2. The predicted molar refractivity (Wildman–Crippen MR) is 105 cm³/mol. The maximum atomic E-state index is 12.9. The Morgan fingerprint density at radius 2 is 1.71 bits per heavy atom. The fraction of sp³-hybridized carbons (Fsp3) is 0.263. The van der Waals surface area contributed by atoms with Crippen molar-refractivity contribution in [2.45, 2.75) is 18.6 Å². The van der Waals surface area contributed by atoms with E-state index < -0.39 is 38.5 Å². The summed E-state index contributed by atoms with van der Waals surface area (Å²) >= 11 is 0. The van der Waals surface area contributed by atoms with Gasteiger partial charge in [-0.2, -0.15) is 0 Å². The number of anilines is 2. The Labute approximate surface area is 162 Å². The molecule has 2 rings (SSSR count). The first-order valence-electron chi connectivity index (χ1n) is 8.47. The molecule has 150 valence electrons. The molecule has 28 heavy (non-hydrogen) atoms. The van der Waals surface area contributed by atoms with Gasteiger partial charge in [0.1, 0.15) is 22.6 Å². The van der Waals surface area contributed by atoms with Crippen LogP contribution in [-0.2, 0) is 19.4 Å². The lowest BCUT2D eigenvalue weighted by Crippen LogP contribution is -2.39. The predicted octanol–water partition coefficient (Wildman–Crippen LogP) is 2.60. The van der Waals surface area contributed by atoms with E-state index in [9.17, 15) is 22.4 Å². The molecule has 0 saturated carbocycles. The molecule has 0 aromatic heterocycles. The first-order chi connectivity index (χ1) is 13.3. The molecule has 0 heterocycles. The zero-order valence-electron chi connectivity index (χ0n) is 15.4. The summed E-state index contributed by atoms with van der Waals surface area (Å²) in [4.78, 5) is 24.6. The van der Waals surface area contributed by atoms with Crippen LogP contribution in [0.15, 0.2) is 48.5 Å². The molecule has 0 saturated heterocycles. The number of halogens is 1. The summed E-state index contributed by atoms with van der Waals surface area (Å²) in [5.41, 5.74) is 0.590. The molecule has 2 aromatic rings. The largest absolute Gasteiger partial charge is 0.495 e. The maximum absolute atomic E-state index is 12.9. The molecule has 0 fully saturated rings. The molecule has 0 bridgehead atoms. The molecule has 0 aliphatic rings. The van der Waals surface area contributed by atoms with E-state index in [1.54, 1.807) is 31.2 Å². The maximum Gasteiger partial charge on any atom is 0.242 e. The summed E-state index contributed by atoms with van der Waals surface area (Å²) in [6, 6.07) is 11.5. The molecule has 0 aliphatic carbocycles. The molecule has 2 aromatic carbocycles. The van der Waals surface area contributed by atoms with E-state index in [1.165, 1.54) is 19.2 Å². The standard InChI is InChI=1S/C19H21FN2O5S/c1-3-17(19(24)22-15-6-4-5-7-16(15)27-2)28(25,26)12-18(23)21-14-10-8-13(20)9-11-14/h4-11,17H,3,12H2,1-2H3,(H,21,23)(H,22,24). The van der Waals surface area contributed by atoms with E-state index in [4.69, 9.17) is 4.74 Å². The van der Waals surface area contributed by atoms with Crippen LogP contribution in [0.25, 0.3) is 0 Å². The first kappa shape index (κ1) is 21.4. The molecular formula is C19H21FN2O5S. The fourth-order valence-electron chi connectivity index (χ4n) is 2.58. The number of nitrogens with one attached hydrogen (secondary N) is 2. The molecule has 2 amide bonds. The van der Waals surface area contributed by atoms with Gasteiger partial charge >= 0.3 is 0 Å².